The zero-order valence-corrected chi connectivity index (χ0v) is 24.3. The number of pyridine rings is 1. The van der Waals surface area contributed by atoms with Gasteiger partial charge < -0.3 is 20.5 Å². The van der Waals surface area contributed by atoms with Crippen LogP contribution < -0.4 is 10.6 Å². The number of rotatable bonds is 8. The molecule has 1 fully saturated rings. The van der Waals surface area contributed by atoms with Crippen LogP contribution in [0.2, 0.25) is 0 Å². The summed E-state index contributed by atoms with van der Waals surface area (Å²) in [6.45, 7) is 5.90. The minimum atomic E-state index is -3.75. The van der Waals surface area contributed by atoms with Gasteiger partial charge in [-0.2, -0.15) is 0 Å². The quantitative estimate of drug-likeness (QED) is 0.268. The Morgan fingerprint density at radius 1 is 1.22 bits per heavy atom. The molecule has 4 heterocycles. The van der Waals surface area contributed by atoms with Crippen LogP contribution in [0.4, 0.5) is 21.8 Å². The Morgan fingerprint density at radius 3 is 2.68 bits per heavy atom. The van der Waals surface area contributed by atoms with E-state index in [9.17, 15) is 17.6 Å². The molecular weight excluding hydrogens is 545 g/mol. The van der Waals surface area contributed by atoms with Crippen LogP contribution in [0.25, 0.3) is 22.2 Å². The van der Waals surface area contributed by atoms with Crippen molar-refractivity contribution in [2.24, 2.45) is 11.8 Å². The minimum absolute atomic E-state index is 0.0266. The van der Waals surface area contributed by atoms with Gasteiger partial charge in [0.1, 0.15) is 4.90 Å². The van der Waals surface area contributed by atoms with Crippen LogP contribution in [0.15, 0.2) is 47.8 Å². The maximum atomic E-state index is 14.9. The molecule has 1 saturated heterocycles. The smallest absolute Gasteiger partial charge is 0.228 e. The molecule has 4 aromatic rings. The molecule has 10 nitrogen and oxygen atoms in total. The van der Waals surface area contributed by atoms with Crippen molar-refractivity contribution in [3.8, 4) is 11.3 Å². The van der Waals surface area contributed by atoms with Crippen molar-refractivity contribution in [1.29, 1.82) is 0 Å². The number of likely N-dealkylation sites (tertiary alicyclic amines) is 1. The Bertz CT molecular complexity index is 1700. The van der Waals surface area contributed by atoms with Crippen molar-refractivity contribution in [2.75, 3.05) is 37.0 Å². The van der Waals surface area contributed by atoms with Gasteiger partial charge in [-0.05, 0) is 76.0 Å². The molecule has 0 aliphatic carbocycles. The molecule has 1 amide bonds. The second-order valence-corrected chi connectivity index (χ2v) is 12.7. The van der Waals surface area contributed by atoms with Gasteiger partial charge in [-0.25, -0.2) is 27.8 Å². The maximum absolute atomic E-state index is 14.9. The van der Waals surface area contributed by atoms with E-state index in [-0.39, 0.29) is 23.5 Å². The number of H-pyrrole nitrogens is 1. The average Bonchev–Trinajstić information content (AvgIpc) is 3.37. The number of carbonyl (C=O) groups is 1. The highest BCUT2D eigenvalue weighted by Gasteiger charge is 2.30. The molecule has 1 unspecified atom stereocenters. The molecule has 0 bridgehead atoms. The first-order chi connectivity index (χ1) is 19.6. The van der Waals surface area contributed by atoms with E-state index in [0.717, 1.165) is 55.1 Å². The number of hydrogen-bond acceptors (Lipinski definition) is 8. The van der Waals surface area contributed by atoms with Gasteiger partial charge in [0, 0.05) is 41.7 Å². The Morgan fingerprint density at radius 2 is 1.98 bits per heavy atom. The SMILES string of the molecule is CCC(C(=O)Nc1nccc2c(-c3nc(Nc4cccc(S(C)(=O)=O)c4F)ncc3C)c[nH]c12)C1CCN(C)CC1. The topological polar surface area (TPSA) is 133 Å². The largest absolute Gasteiger partial charge is 0.357 e. The normalized spacial score (nSPS) is 15.6. The lowest BCUT2D eigenvalue weighted by molar-refractivity contribution is -0.122. The van der Waals surface area contributed by atoms with E-state index in [1.54, 1.807) is 18.6 Å². The summed E-state index contributed by atoms with van der Waals surface area (Å²) in [6.07, 6.45) is 8.76. The van der Waals surface area contributed by atoms with E-state index in [2.05, 4.69) is 49.4 Å². The molecule has 41 heavy (non-hydrogen) atoms. The fraction of sp³-hybridized carbons (Fsp3) is 0.379. The lowest BCUT2D eigenvalue weighted by Gasteiger charge is -2.33. The molecule has 1 aromatic carbocycles. The van der Waals surface area contributed by atoms with Crippen LogP contribution in [-0.2, 0) is 14.6 Å². The third-order valence-corrected chi connectivity index (χ3v) is 8.90. The fourth-order valence-corrected chi connectivity index (χ4v) is 6.27. The second-order valence-electron chi connectivity index (χ2n) is 10.7. The molecule has 0 radical (unpaired) electrons. The molecule has 5 rings (SSSR count). The summed E-state index contributed by atoms with van der Waals surface area (Å²) in [5, 5.41) is 6.68. The number of nitrogens with one attached hydrogen (secondary N) is 3. The van der Waals surface area contributed by atoms with Crippen LogP contribution in [0.5, 0.6) is 0 Å². The third-order valence-electron chi connectivity index (χ3n) is 7.79. The van der Waals surface area contributed by atoms with E-state index in [1.165, 1.54) is 18.2 Å². The molecule has 12 heteroatoms. The van der Waals surface area contributed by atoms with Gasteiger partial charge in [0.05, 0.1) is 16.9 Å². The van der Waals surface area contributed by atoms with Crippen molar-refractivity contribution in [3.63, 3.8) is 0 Å². The summed E-state index contributed by atoms with van der Waals surface area (Å²) in [6, 6.07) is 5.93. The minimum Gasteiger partial charge on any atom is -0.357 e. The summed E-state index contributed by atoms with van der Waals surface area (Å²) in [7, 11) is -1.64. The Hall–Kier alpha value is -3.90. The van der Waals surface area contributed by atoms with E-state index in [0.29, 0.717) is 22.9 Å². The summed E-state index contributed by atoms with van der Waals surface area (Å²) in [5.41, 5.74) is 2.75. The predicted molar refractivity (Wildman–Crippen MR) is 157 cm³/mol. The number of aromatic nitrogens is 4. The number of nitrogens with zero attached hydrogens (tertiary/aromatic N) is 4. The molecule has 216 valence electrons. The van der Waals surface area contributed by atoms with Crippen LogP contribution in [-0.4, -0.2) is 65.6 Å². The number of halogens is 1. The summed E-state index contributed by atoms with van der Waals surface area (Å²) < 4.78 is 38.8. The number of aryl methyl sites for hydroxylation is 1. The van der Waals surface area contributed by atoms with E-state index in [1.807, 2.05) is 13.0 Å². The van der Waals surface area contributed by atoms with Crippen LogP contribution in [0.1, 0.15) is 31.7 Å². The van der Waals surface area contributed by atoms with Gasteiger partial charge in [-0.1, -0.05) is 13.0 Å². The van der Waals surface area contributed by atoms with Gasteiger partial charge in [0.15, 0.2) is 21.5 Å². The van der Waals surface area contributed by atoms with Crippen molar-refractivity contribution < 1.29 is 17.6 Å². The molecule has 1 aliphatic rings. The van der Waals surface area contributed by atoms with Gasteiger partial charge in [0.2, 0.25) is 11.9 Å². The third kappa shape index (κ3) is 5.94. The van der Waals surface area contributed by atoms with Crippen molar-refractivity contribution in [2.45, 2.75) is 38.0 Å². The number of amides is 1. The fourth-order valence-electron chi connectivity index (χ4n) is 5.51. The number of benzene rings is 1. The zero-order chi connectivity index (χ0) is 29.3. The number of carbonyl (C=O) groups excluding carboxylic acids is 1. The van der Waals surface area contributed by atoms with Crippen LogP contribution >= 0.6 is 0 Å². The molecular formula is C29H34FN7O3S. The molecule has 0 spiro atoms. The number of anilines is 3. The monoisotopic (exact) mass is 579 g/mol. The highest BCUT2D eigenvalue weighted by atomic mass is 32.2. The van der Waals surface area contributed by atoms with Crippen molar-refractivity contribution in [1.82, 2.24) is 24.8 Å². The van der Waals surface area contributed by atoms with E-state index < -0.39 is 20.5 Å². The zero-order valence-electron chi connectivity index (χ0n) is 23.5. The highest BCUT2D eigenvalue weighted by Crippen LogP contribution is 2.34. The summed E-state index contributed by atoms with van der Waals surface area (Å²) in [4.78, 5) is 31.8. The van der Waals surface area contributed by atoms with E-state index >= 15 is 0 Å². The molecule has 0 saturated carbocycles. The number of sulfone groups is 1. The Labute approximate surface area is 238 Å². The molecule has 1 atom stereocenters. The predicted octanol–water partition coefficient (Wildman–Crippen LogP) is 4.92. The Kier molecular flexibility index (Phi) is 8.05. The first-order valence-electron chi connectivity index (χ1n) is 13.6. The average molecular weight is 580 g/mol. The number of hydrogen-bond donors (Lipinski definition) is 3. The number of piperidine rings is 1. The van der Waals surface area contributed by atoms with Gasteiger partial charge in [0.25, 0.3) is 0 Å². The van der Waals surface area contributed by atoms with E-state index in [4.69, 9.17) is 0 Å². The molecule has 1 aliphatic heterocycles. The van der Waals surface area contributed by atoms with Gasteiger partial charge >= 0.3 is 0 Å². The second kappa shape index (κ2) is 11.5. The summed E-state index contributed by atoms with van der Waals surface area (Å²) >= 11 is 0. The van der Waals surface area contributed by atoms with Gasteiger partial charge in [-0.3, -0.25) is 4.79 Å². The lowest BCUT2D eigenvalue weighted by atomic mass is 9.82. The number of fused-ring (bicyclic) bond motifs is 1. The van der Waals surface area contributed by atoms with Crippen LogP contribution in [0, 0.1) is 24.6 Å². The number of aromatic amines is 1. The molecule has 3 aromatic heterocycles. The summed E-state index contributed by atoms with van der Waals surface area (Å²) in [5.74, 6) is -0.112. The van der Waals surface area contributed by atoms with Crippen LogP contribution in [0.3, 0.4) is 0 Å². The molecule has 3 N–H and O–H groups in total. The Balaban J connectivity index is 1.43. The lowest BCUT2D eigenvalue weighted by Crippen LogP contribution is -2.37. The first-order valence-corrected chi connectivity index (χ1v) is 15.5. The standard InChI is InChI=1S/C29H34FN7O3S/c1-5-19(18-10-13-37(3)14-11-18)28(38)36-27-26-20(9-12-31-27)21(16-32-26)25-17(2)15-33-29(35-25)34-22-7-6-8-23(24(22)30)41(4,39)40/h6-9,12,15-16,18-19,32H,5,10-11,13-14H2,1-4H3,(H,31,36,38)(H,33,34,35). The first kappa shape index (κ1) is 28.6. The van der Waals surface area contributed by atoms with Crippen molar-refractivity contribution in [3.05, 3.63) is 54.2 Å². The maximum Gasteiger partial charge on any atom is 0.228 e. The van der Waals surface area contributed by atoms with Gasteiger partial charge in [-0.15, -0.1) is 0 Å². The van der Waals surface area contributed by atoms with Crippen molar-refractivity contribution >= 4 is 44.1 Å². The highest BCUT2D eigenvalue weighted by molar-refractivity contribution is 7.90.